The van der Waals surface area contributed by atoms with E-state index in [0.29, 0.717) is 13.2 Å². The van der Waals surface area contributed by atoms with Gasteiger partial charge in [0.1, 0.15) is 0 Å². The van der Waals surface area contributed by atoms with Gasteiger partial charge in [0.05, 0.1) is 12.4 Å². The fraction of sp³-hybridized carbons (Fsp3) is 1.00. The monoisotopic (exact) mass is 238 g/mol. The molecule has 0 aliphatic rings. The summed E-state index contributed by atoms with van der Waals surface area (Å²) in [6.07, 6.45) is 0. The summed E-state index contributed by atoms with van der Waals surface area (Å²) in [7, 11) is -3.27. The minimum atomic E-state index is -3.27. The summed E-state index contributed by atoms with van der Waals surface area (Å²) in [6, 6.07) is -0.198. The summed E-state index contributed by atoms with van der Waals surface area (Å²) in [5, 5.41) is 0. The van der Waals surface area contributed by atoms with Crippen LogP contribution in [0, 0.1) is 5.92 Å². The van der Waals surface area contributed by atoms with Gasteiger partial charge < -0.3 is 10.5 Å². The van der Waals surface area contributed by atoms with E-state index < -0.39 is 10.0 Å². The molecular formula is C9H22N2O3S. The molecule has 0 radical (unpaired) electrons. The second-order valence-electron chi connectivity index (χ2n) is 3.72. The lowest BCUT2D eigenvalue weighted by atomic mass is 10.1. The minimum absolute atomic E-state index is 0.00986. The van der Waals surface area contributed by atoms with E-state index >= 15 is 0 Å². The number of nitrogens with one attached hydrogen (secondary N) is 1. The summed E-state index contributed by atoms with van der Waals surface area (Å²) in [4.78, 5) is 0. The molecule has 0 saturated heterocycles. The van der Waals surface area contributed by atoms with Crippen LogP contribution in [0.1, 0.15) is 20.8 Å². The SMILES string of the molecule is CCOCCS(=O)(=O)NC(CN)C(C)C. The summed E-state index contributed by atoms with van der Waals surface area (Å²) in [5.74, 6) is 0.182. The van der Waals surface area contributed by atoms with E-state index in [1.165, 1.54) is 0 Å². The van der Waals surface area contributed by atoms with Gasteiger partial charge >= 0.3 is 0 Å². The lowest BCUT2D eigenvalue weighted by molar-refractivity contribution is 0.163. The highest BCUT2D eigenvalue weighted by molar-refractivity contribution is 7.89. The maximum absolute atomic E-state index is 11.5. The van der Waals surface area contributed by atoms with Crippen molar-refractivity contribution in [1.29, 1.82) is 0 Å². The van der Waals surface area contributed by atoms with Crippen LogP contribution >= 0.6 is 0 Å². The molecule has 0 saturated carbocycles. The van der Waals surface area contributed by atoms with E-state index in [1.54, 1.807) is 0 Å². The first kappa shape index (κ1) is 14.8. The number of ether oxygens (including phenoxy) is 1. The molecule has 0 aromatic heterocycles. The van der Waals surface area contributed by atoms with Crippen molar-refractivity contribution in [3.63, 3.8) is 0 Å². The van der Waals surface area contributed by atoms with Gasteiger partial charge in [-0.3, -0.25) is 0 Å². The Morgan fingerprint density at radius 2 is 2.00 bits per heavy atom. The minimum Gasteiger partial charge on any atom is -0.381 e. The number of hydrogen-bond donors (Lipinski definition) is 2. The van der Waals surface area contributed by atoms with E-state index in [0.717, 1.165) is 0 Å². The third kappa shape index (κ3) is 6.83. The molecule has 0 aliphatic carbocycles. The maximum Gasteiger partial charge on any atom is 0.214 e. The van der Waals surface area contributed by atoms with Gasteiger partial charge in [0, 0.05) is 19.2 Å². The smallest absolute Gasteiger partial charge is 0.214 e. The van der Waals surface area contributed by atoms with E-state index in [2.05, 4.69) is 4.72 Å². The van der Waals surface area contributed by atoms with Gasteiger partial charge in [-0.2, -0.15) is 0 Å². The Morgan fingerprint density at radius 1 is 1.40 bits per heavy atom. The third-order valence-corrected chi connectivity index (χ3v) is 3.46. The molecule has 5 nitrogen and oxygen atoms in total. The molecular weight excluding hydrogens is 216 g/mol. The van der Waals surface area contributed by atoms with Crippen molar-refractivity contribution in [2.24, 2.45) is 11.7 Å². The summed E-state index contributed by atoms with van der Waals surface area (Å²) in [5.41, 5.74) is 5.48. The standard InChI is InChI=1S/C9H22N2O3S/c1-4-14-5-6-15(12,13)11-9(7-10)8(2)3/h8-9,11H,4-7,10H2,1-3H3. The van der Waals surface area contributed by atoms with Gasteiger partial charge in [0.25, 0.3) is 0 Å². The molecule has 0 rings (SSSR count). The Labute approximate surface area is 92.4 Å². The zero-order valence-corrected chi connectivity index (χ0v) is 10.5. The predicted molar refractivity (Wildman–Crippen MR) is 61.1 cm³/mol. The highest BCUT2D eigenvalue weighted by Crippen LogP contribution is 2.01. The Kier molecular flexibility index (Phi) is 7.08. The van der Waals surface area contributed by atoms with Crippen LogP contribution in [0.25, 0.3) is 0 Å². The lowest BCUT2D eigenvalue weighted by Gasteiger charge is -2.20. The highest BCUT2D eigenvalue weighted by Gasteiger charge is 2.18. The van der Waals surface area contributed by atoms with Crippen molar-refractivity contribution in [3.05, 3.63) is 0 Å². The largest absolute Gasteiger partial charge is 0.381 e. The first-order valence-corrected chi connectivity index (χ1v) is 6.86. The van der Waals surface area contributed by atoms with Crippen LogP contribution < -0.4 is 10.5 Å². The molecule has 1 unspecified atom stereocenters. The number of nitrogens with two attached hydrogens (primary N) is 1. The lowest BCUT2D eigenvalue weighted by Crippen LogP contribution is -2.45. The van der Waals surface area contributed by atoms with Crippen LogP contribution in [0.3, 0.4) is 0 Å². The second-order valence-corrected chi connectivity index (χ2v) is 5.59. The van der Waals surface area contributed by atoms with E-state index in [4.69, 9.17) is 10.5 Å². The Morgan fingerprint density at radius 3 is 2.40 bits per heavy atom. The van der Waals surface area contributed by atoms with Crippen LogP contribution in [-0.2, 0) is 14.8 Å². The Balaban J connectivity index is 4.11. The predicted octanol–water partition coefficient (Wildman–Crippen LogP) is -0.0744. The van der Waals surface area contributed by atoms with E-state index in [-0.39, 0.29) is 24.3 Å². The molecule has 0 aliphatic heterocycles. The molecule has 0 spiro atoms. The molecule has 0 aromatic carbocycles. The molecule has 0 amide bonds. The first-order chi connectivity index (χ1) is 6.93. The van der Waals surface area contributed by atoms with Gasteiger partial charge in [0.2, 0.25) is 10.0 Å². The maximum atomic E-state index is 11.5. The fourth-order valence-electron chi connectivity index (χ4n) is 1.06. The zero-order chi connectivity index (χ0) is 11.9. The normalized spacial score (nSPS) is 14.5. The van der Waals surface area contributed by atoms with Crippen LogP contribution in [0.4, 0.5) is 0 Å². The van der Waals surface area contributed by atoms with Gasteiger partial charge in [-0.05, 0) is 12.8 Å². The summed E-state index contributed by atoms with van der Waals surface area (Å²) in [6.45, 7) is 6.76. The average molecular weight is 238 g/mol. The van der Waals surface area contributed by atoms with Crippen LogP contribution in [0.5, 0.6) is 0 Å². The topological polar surface area (TPSA) is 81.4 Å². The van der Waals surface area contributed by atoms with Crippen molar-refractivity contribution in [2.75, 3.05) is 25.5 Å². The molecule has 1 atom stereocenters. The quantitative estimate of drug-likeness (QED) is 0.580. The fourth-order valence-corrected chi connectivity index (χ4v) is 2.34. The molecule has 0 fully saturated rings. The van der Waals surface area contributed by atoms with Crippen molar-refractivity contribution in [3.8, 4) is 0 Å². The second kappa shape index (κ2) is 7.16. The molecule has 0 aromatic rings. The van der Waals surface area contributed by atoms with Crippen molar-refractivity contribution in [1.82, 2.24) is 4.72 Å². The Bertz CT molecular complexity index is 252. The Hall–Kier alpha value is -0.170. The molecule has 3 N–H and O–H groups in total. The summed E-state index contributed by atoms with van der Waals surface area (Å²) >= 11 is 0. The van der Waals surface area contributed by atoms with Crippen molar-refractivity contribution in [2.45, 2.75) is 26.8 Å². The number of hydrogen-bond acceptors (Lipinski definition) is 4. The van der Waals surface area contributed by atoms with E-state index in [1.807, 2.05) is 20.8 Å². The van der Waals surface area contributed by atoms with Gasteiger partial charge in [-0.15, -0.1) is 0 Å². The molecule has 0 bridgehead atoms. The van der Waals surface area contributed by atoms with Crippen molar-refractivity contribution >= 4 is 10.0 Å². The molecule has 0 heterocycles. The molecule has 6 heteroatoms. The third-order valence-electron chi connectivity index (χ3n) is 2.09. The van der Waals surface area contributed by atoms with Crippen LogP contribution in [0.2, 0.25) is 0 Å². The first-order valence-electron chi connectivity index (χ1n) is 5.20. The van der Waals surface area contributed by atoms with E-state index in [9.17, 15) is 8.42 Å². The number of sulfonamides is 1. The van der Waals surface area contributed by atoms with Crippen LogP contribution in [-0.4, -0.2) is 40.0 Å². The van der Waals surface area contributed by atoms with Crippen LogP contribution in [0.15, 0.2) is 0 Å². The van der Waals surface area contributed by atoms with Gasteiger partial charge in [-0.1, -0.05) is 13.8 Å². The van der Waals surface area contributed by atoms with Gasteiger partial charge in [0.15, 0.2) is 0 Å². The number of rotatable bonds is 8. The molecule has 15 heavy (non-hydrogen) atoms. The van der Waals surface area contributed by atoms with Crippen molar-refractivity contribution < 1.29 is 13.2 Å². The highest BCUT2D eigenvalue weighted by atomic mass is 32.2. The average Bonchev–Trinajstić information content (AvgIpc) is 2.14. The summed E-state index contributed by atoms with van der Waals surface area (Å²) < 4.78 is 30.6. The zero-order valence-electron chi connectivity index (χ0n) is 9.69. The van der Waals surface area contributed by atoms with Gasteiger partial charge in [-0.25, -0.2) is 13.1 Å². The molecule has 92 valence electrons.